The summed E-state index contributed by atoms with van der Waals surface area (Å²) in [6, 6.07) is 14.2. The van der Waals surface area contributed by atoms with Crippen LogP contribution in [-0.2, 0) is 12.0 Å². The number of nitrogens with zero attached hydrogens (tertiary/aromatic N) is 4. The quantitative estimate of drug-likeness (QED) is 0.390. The summed E-state index contributed by atoms with van der Waals surface area (Å²) in [6.07, 6.45) is 3.52. The maximum atomic E-state index is 11.1. The van der Waals surface area contributed by atoms with E-state index in [9.17, 15) is 5.11 Å². The Morgan fingerprint density at radius 1 is 1.14 bits per heavy atom. The van der Waals surface area contributed by atoms with E-state index >= 15 is 0 Å². The van der Waals surface area contributed by atoms with E-state index in [1.54, 1.807) is 7.05 Å². The summed E-state index contributed by atoms with van der Waals surface area (Å²) in [6.45, 7) is 4.06. The van der Waals surface area contributed by atoms with E-state index in [1.807, 2.05) is 36.5 Å². The van der Waals surface area contributed by atoms with Crippen LogP contribution >= 0.6 is 24.0 Å². The Bertz CT molecular complexity index is 807. The van der Waals surface area contributed by atoms with Crippen molar-refractivity contribution in [3.8, 4) is 0 Å². The van der Waals surface area contributed by atoms with E-state index in [1.165, 1.54) is 5.56 Å². The maximum absolute atomic E-state index is 11.1. The molecule has 1 saturated heterocycles. The average molecular weight is 493 g/mol. The molecular formula is C21H28IN5O. The molecule has 4 rings (SSSR count). The number of rotatable bonds is 3. The molecule has 6 nitrogen and oxygen atoms in total. The van der Waals surface area contributed by atoms with Crippen molar-refractivity contribution in [3.63, 3.8) is 0 Å². The fourth-order valence-electron chi connectivity index (χ4n) is 4.10. The molecule has 2 N–H and O–H groups in total. The van der Waals surface area contributed by atoms with Crippen molar-refractivity contribution >= 4 is 35.8 Å². The van der Waals surface area contributed by atoms with Gasteiger partial charge in [-0.05, 0) is 36.1 Å². The first kappa shape index (κ1) is 20.9. The average Bonchev–Trinajstić information content (AvgIpc) is 3.07. The van der Waals surface area contributed by atoms with Gasteiger partial charge in [-0.15, -0.1) is 24.0 Å². The van der Waals surface area contributed by atoms with Crippen molar-refractivity contribution in [3.05, 3.63) is 59.8 Å². The lowest BCUT2D eigenvalue weighted by molar-refractivity contribution is 0.0425. The van der Waals surface area contributed by atoms with E-state index in [2.05, 4.69) is 37.2 Å². The van der Waals surface area contributed by atoms with Crippen molar-refractivity contribution in [2.45, 2.75) is 18.4 Å². The first-order valence-electron chi connectivity index (χ1n) is 9.62. The zero-order valence-corrected chi connectivity index (χ0v) is 18.5. The normalized spacial score (nSPS) is 21.9. The molecule has 7 heteroatoms. The summed E-state index contributed by atoms with van der Waals surface area (Å²) >= 11 is 0. The molecule has 2 heterocycles. The molecule has 1 aromatic heterocycles. The van der Waals surface area contributed by atoms with Gasteiger partial charge >= 0.3 is 0 Å². The van der Waals surface area contributed by atoms with Gasteiger partial charge in [-0.3, -0.25) is 4.99 Å². The summed E-state index contributed by atoms with van der Waals surface area (Å²) in [7, 11) is 1.81. The van der Waals surface area contributed by atoms with Gasteiger partial charge in [0.1, 0.15) is 11.4 Å². The summed E-state index contributed by atoms with van der Waals surface area (Å²) in [5.41, 5.74) is 1.48. The van der Waals surface area contributed by atoms with Crippen LogP contribution in [0.25, 0.3) is 0 Å². The van der Waals surface area contributed by atoms with Gasteiger partial charge in [0, 0.05) is 39.4 Å². The van der Waals surface area contributed by atoms with Gasteiger partial charge < -0.3 is 20.2 Å². The monoisotopic (exact) mass is 493 g/mol. The molecule has 0 saturated carbocycles. The summed E-state index contributed by atoms with van der Waals surface area (Å²) < 4.78 is 0. The number of hydrogen-bond acceptors (Lipinski definition) is 4. The standard InChI is InChI=1S/C21H27N5O.HI/c1-22-20(24-16-21(27)10-9-17-6-2-3-7-18(17)21)26-14-12-25(13-15-26)19-8-4-5-11-23-19;/h2-8,11,27H,9-10,12-16H2,1H3,(H,22,24);1H. The highest BCUT2D eigenvalue weighted by Crippen LogP contribution is 2.36. The van der Waals surface area contributed by atoms with Crippen molar-refractivity contribution in [2.75, 3.05) is 44.7 Å². The molecule has 2 aliphatic rings. The summed E-state index contributed by atoms with van der Waals surface area (Å²) in [4.78, 5) is 13.4. The smallest absolute Gasteiger partial charge is 0.193 e. The second-order valence-corrected chi connectivity index (χ2v) is 7.25. The Hall–Kier alpha value is -1.87. The molecule has 1 aliphatic heterocycles. The van der Waals surface area contributed by atoms with Crippen LogP contribution in [0.3, 0.4) is 0 Å². The SMILES string of the molecule is CN=C(NCC1(O)CCc2ccccc21)N1CCN(c2ccccn2)CC1.I. The van der Waals surface area contributed by atoms with Crippen LogP contribution in [0, 0.1) is 0 Å². The third-order valence-corrected chi connectivity index (χ3v) is 5.63. The Morgan fingerprint density at radius 3 is 2.61 bits per heavy atom. The topological polar surface area (TPSA) is 64.0 Å². The van der Waals surface area contributed by atoms with Crippen molar-refractivity contribution in [1.82, 2.24) is 15.2 Å². The highest BCUT2D eigenvalue weighted by atomic mass is 127. The predicted molar refractivity (Wildman–Crippen MR) is 123 cm³/mol. The molecule has 2 aromatic rings. The number of halogens is 1. The fourth-order valence-corrected chi connectivity index (χ4v) is 4.10. The van der Waals surface area contributed by atoms with Crippen LogP contribution in [0.2, 0.25) is 0 Å². The van der Waals surface area contributed by atoms with Gasteiger partial charge in [-0.25, -0.2) is 4.98 Å². The van der Waals surface area contributed by atoms with Crippen LogP contribution in [0.5, 0.6) is 0 Å². The molecule has 1 aliphatic carbocycles. The molecular weight excluding hydrogens is 465 g/mol. The zero-order chi connectivity index (χ0) is 18.7. The lowest BCUT2D eigenvalue weighted by Gasteiger charge is -2.37. The largest absolute Gasteiger partial charge is 0.383 e. The molecule has 0 spiro atoms. The Labute approximate surface area is 183 Å². The Morgan fingerprint density at radius 2 is 1.89 bits per heavy atom. The molecule has 1 unspecified atom stereocenters. The number of aliphatic imine (C=N–C) groups is 1. The van der Waals surface area contributed by atoms with Crippen LogP contribution in [0.4, 0.5) is 5.82 Å². The third kappa shape index (κ3) is 4.25. The third-order valence-electron chi connectivity index (χ3n) is 5.63. The highest BCUT2D eigenvalue weighted by Gasteiger charge is 2.36. The fraction of sp³-hybridized carbons (Fsp3) is 0.429. The number of guanidine groups is 1. The minimum atomic E-state index is -0.817. The Balaban J connectivity index is 0.00000225. The first-order valence-corrected chi connectivity index (χ1v) is 9.62. The molecule has 150 valence electrons. The molecule has 1 aromatic carbocycles. The van der Waals surface area contributed by atoms with Gasteiger partial charge in [0.15, 0.2) is 5.96 Å². The van der Waals surface area contributed by atoms with Crippen molar-refractivity contribution < 1.29 is 5.11 Å². The lowest BCUT2D eigenvalue weighted by Crippen LogP contribution is -2.54. The number of pyridine rings is 1. The molecule has 0 amide bonds. The Kier molecular flexibility index (Phi) is 6.77. The lowest BCUT2D eigenvalue weighted by atomic mass is 9.96. The second-order valence-electron chi connectivity index (χ2n) is 7.25. The van der Waals surface area contributed by atoms with Crippen LogP contribution in [0.1, 0.15) is 17.5 Å². The van der Waals surface area contributed by atoms with Crippen LogP contribution in [-0.4, -0.2) is 60.7 Å². The molecule has 0 radical (unpaired) electrons. The highest BCUT2D eigenvalue weighted by molar-refractivity contribution is 14.0. The first-order chi connectivity index (χ1) is 13.2. The van der Waals surface area contributed by atoms with E-state index < -0.39 is 5.60 Å². The van der Waals surface area contributed by atoms with Gasteiger partial charge in [-0.1, -0.05) is 30.3 Å². The predicted octanol–water partition coefficient (Wildman–Crippen LogP) is 2.23. The molecule has 0 bridgehead atoms. The zero-order valence-electron chi connectivity index (χ0n) is 16.2. The van der Waals surface area contributed by atoms with Gasteiger partial charge in [-0.2, -0.15) is 0 Å². The number of hydrogen-bond donors (Lipinski definition) is 2. The number of benzene rings is 1. The van der Waals surface area contributed by atoms with Crippen LogP contribution in [0.15, 0.2) is 53.7 Å². The van der Waals surface area contributed by atoms with Crippen LogP contribution < -0.4 is 10.2 Å². The number of piperazine rings is 1. The molecule has 1 fully saturated rings. The number of aryl methyl sites for hydroxylation is 1. The van der Waals surface area contributed by atoms with Crippen molar-refractivity contribution in [1.29, 1.82) is 0 Å². The minimum Gasteiger partial charge on any atom is -0.383 e. The molecule has 1 atom stereocenters. The van der Waals surface area contributed by atoms with Gasteiger partial charge in [0.25, 0.3) is 0 Å². The summed E-state index contributed by atoms with van der Waals surface area (Å²) in [5.74, 6) is 1.88. The number of aliphatic hydroxyl groups is 1. The number of anilines is 1. The van der Waals surface area contributed by atoms with E-state index in [-0.39, 0.29) is 24.0 Å². The van der Waals surface area contributed by atoms with Gasteiger partial charge in [0.2, 0.25) is 0 Å². The van der Waals surface area contributed by atoms with Crippen molar-refractivity contribution in [2.24, 2.45) is 4.99 Å². The number of nitrogens with one attached hydrogen (secondary N) is 1. The minimum absolute atomic E-state index is 0. The summed E-state index contributed by atoms with van der Waals surface area (Å²) in [5, 5.41) is 14.5. The molecule has 28 heavy (non-hydrogen) atoms. The van der Waals surface area contributed by atoms with Gasteiger partial charge in [0.05, 0.1) is 6.54 Å². The number of aromatic nitrogens is 1. The van der Waals surface area contributed by atoms with E-state index in [0.29, 0.717) is 6.54 Å². The van der Waals surface area contributed by atoms with E-state index in [0.717, 1.165) is 56.4 Å². The maximum Gasteiger partial charge on any atom is 0.193 e. The second kappa shape index (κ2) is 9.09. The van der Waals surface area contributed by atoms with E-state index in [4.69, 9.17) is 0 Å². The number of fused-ring (bicyclic) bond motifs is 1.